The minimum atomic E-state index is -0.00226. The molecular weight excluding hydrogens is 338 g/mol. The molecule has 0 spiro atoms. The van der Waals surface area contributed by atoms with E-state index in [9.17, 15) is 4.79 Å². The van der Waals surface area contributed by atoms with Gasteiger partial charge in [0.2, 0.25) is 5.91 Å². The van der Waals surface area contributed by atoms with Crippen molar-refractivity contribution in [2.45, 2.75) is 31.3 Å². The number of thioether (sulfide) groups is 1. The fourth-order valence-corrected chi connectivity index (χ4v) is 4.20. The number of aromatic nitrogens is 2. The van der Waals surface area contributed by atoms with Gasteiger partial charge in [-0.15, -0.1) is 11.3 Å². The molecule has 1 atom stereocenters. The van der Waals surface area contributed by atoms with Crippen LogP contribution >= 0.6 is 23.1 Å². The lowest BCUT2D eigenvalue weighted by Gasteiger charge is -2.14. The zero-order valence-corrected chi connectivity index (χ0v) is 15.3. The Kier molecular flexibility index (Phi) is 5.48. The molecule has 0 bridgehead atoms. The van der Waals surface area contributed by atoms with Crippen molar-refractivity contribution in [3.63, 3.8) is 0 Å². The van der Waals surface area contributed by atoms with Crippen molar-refractivity contribution in [1.29, 1.82) is 0 Å². The summed E-state index contributed by atoms with van der Waals surface area (Å²) in [6, 6.07) is 12.1. The van der Waals surface area contributed by atoms with Gasteiger partial charge in [-0.05, 0) is 25.0 Å². The van der Waals surface area contributed by atoms with Crippen molar-refractivity contribution in [2.24, 2.45) is 0 Å². The Hall–Kier alpha value is -1.92. The van der Waals surface area contributed by atoms with Crippen LogP contribution in [0.25, 0.3) is 10.2 Å². The number of thiophene rings is 1. The molecular formula is C18H19N3OS2. The van der Waals surface area contributed by atoms with Gasteiger partial charge in [0.15, 0.2) is 0 Å². The molecule has 3 aromatic rings. The molecule has 1 N–H and O–H groups in total. The van der Waals surface area contributed by atoms with Gasteiger partial charge < -0.3 is 5.32 Å². The second-order valence-electron chi connectivity index (χ2n) is 5.45. The molecule has 24 heavy (non-hydrogen) atoms. The Balaban J connectivity index is 1.63. The molecule has 0 radical (unpaired) electrons. The largest absolute Gasteiger partial charge is 0.349 e. The van der Waals surface area contributed by atoms with E-state index in [0.717, 1.165) is 27.2 Å². The summed E-state index contributed by atoms with van der Waals surface area (Å²) in [6.07, 6.45) is 2.56. The number of fused-ring (bicyclic) bond motifs is 1. The van der Waals surface area contributed by atoms with Crippen LogP contribution in [0, 0.1) is 0 Å². The maximum atomic E-state index is 12.2. The van der Waals surface area contributed by atoms with Crippen LogP contribution in [0.15, 0.2) is 47.8 Å². The highest BCUT2D eigenvalue weighted by atomic mass is 32.2. The first-order valence-corrected chi connectivity index (χ1v) is 9.68. The SMILES string of the molecule is CCc1cc2c(SCC(=O)NC(C)c3ccccc3)ncnc2s1. The summed E-state index contributed by atoms with van der Waals surface area (Å²) in [4.78, 5) is 23.2. The highest BCUT2D eigenvalue weighted by molar-refractivity contribution is 8.00. The molecule has 1 unspecified atom stereocenters. The fraction of sp³-hybridized carbons (Fsp3) is 0.278. The van der Waals surface area contributed by atoms with Crippen LogP contribution in [0.5, 0.6) is 0 Å². The second-order valence-corrected chi connectivity index (χ2v) is 7.53. The normalized spacial score (nSPS) is 12.2. The van der Waals surface area contributed by atoms with Crippen LogP contribution in [0.1, 0.15) is 30.3 Å². The number of benzene rings is 1. The first-order valence-electron chi connectivity index (χ1n) is 7.88. The molecule has 0 aliphatic carbocycles. The molecule has 0 saturated carbocycles. The fourth-order valence-electron chi connectivity index (χ4n) is 2.42. The molecule has 0 aliphatic rings. The second kappa shape index (κ2) is 7.77. The maximum Gasteiger partial charge on any atom is 0.230 e. The predicted molar refractivity (Wildman–Crippen MR) is 101 cm³/mol. The molecule has 0 fully saturated rings. The summed E-state index contributed by atoms with van der Waals surface area (Å²) in [6.45, 7) is 4.12. The van der Waals surface area contributed by atoms with Gasteiger partial charge in [0.1, 0.15) is 16.2 Å². The summed E-state index contributed by atoms with van der Waals surface area (Å²) in [7, 11) is 0. The van der Waals surface area contributed by atoms with Crippen molar-refractivity contribution in [3.8, 4) is 0 Å². The number of aryl methyl sites for hydroxylation is 1. The summed E-state index contributed by atoms with van der Waals surface area (Å²) < 4.78 is 0. The zero-order valence-electron chi connectivity index (χ0n) is 13.7. The van der Waals surface area contributed by atoms with Crippen LogP contribution in [-0.2, 0) is 11.2 Å². The van der Waals surface area contributed by atoms with E-state index in [2.05, 4.69) is 28.3 Å². The number of nitrogens with one attached hydrogen (secondary N) is 1. The molecule has 0 saturated heterocycles. The molecule has 124 valence electrons. The molecule has 3 rings (SSSR count). The smallest absolute Gasteiger partial charge is 0.230 e. The van der Waals surface area contributed by atoms with E-state index < -0.39 is 0 Å². The van der Waals surface area contributed by atoms with Crippen molar-refractivity contribution >= 4 is 39.2 Å². The molecule has 1 amide bonds. The number of amides is 1. The van der Waals surface area contributed by atoms with Crippen LogP contribution in [0.3, 0.4) is 0 Å². The number of rotatable bonds is 6. The number of hydrogen-bond donors (Lipinski definition) is 1. The van der Waals surface area contributed by atoms with Gasteiger partial charge in [-0.1, -0.05) is 49.0 Å². The molecule has 6 heteroatoms. The van der Waals surface area contributed by atoms with Crippen molar-refractivity contribution in [3.05, 3.63) is 53.2 Å². The Labute approximate surface area is 149 Å². The van der Waals surface area contributed by atoms with Gasteiger partial charge in [0.05, 0.1) is 11.8 Å². The number of nitrogens with zero attached hydrogens (tertiary/aromatic N) is 2. The van der Waals surface area contributed by atoms with Gasteiger partial charge >= 0.3 is 0 Å². The quantitative estimate of drug-likeness (QED) is 0.530. The first-order chi connectivity index (χ1) is 11.7. The van der Waals surface area contributed by atoms with Crippen LogP contribution in [0.2, 0.25) is 0 Å². The third-order valence-corrected chi connectivity index (χ3v) is 5.90. The van der Waals surface area contributed by atoms with E-state index in [0.29, 0.717) is 5.75 Å². The monoisotopic (exact) mass is 357 g/mol. The summed E-state index contributed by atoms with van der Waals surface area (Å²) >= 11 is 3.15. The highest BCUT2D eigenvalue weighted by Gasteiger charge is 2.13. The Morgan fingerprint density at radius 1 is 1.29 bits per heavy atom. The lowest BCUT2D eigenvalue weighted by atomic mass is 10.1. The third kappa shape index (κ3) is 3.94. The van der Waals surface area contributed by atoms with E-state index in [1.807, 2.05) is 37.3 Å². The van der Waals surface area contributed by atoms with Gasteiger partial charge in [-0.25, -0.2) is 9.97 Å². The Morgan fingerprint density at radius 3 is 2.83 bits per heavy atom. The number of hydrogen-bond acceptors (Lipinski definition) is 5. The summed E-state index contributed by atoms with van der Waals surface area (Å²) in [5.74, 6) is 0.356. The predicted octanol–water partition coefficient (Wildman–Crippen LogP) is 4.22. The van der Waals surface area contributed by atoms with Gasteiger partial charge in [0.25, 0.3) is 0 Å². The van der Waals surface area contributed by atoms with Gasteiger partial charge in [-0.2, -0.15) is 0 Å². The summed E-state index contributed by atoms with van der Waals surface area (Å²) in [5.41, 5.74) is 1.10. The maximum absolute atomic E-state index is 12.2. The van der Waals surface area contributed by atoms with E-state index in [4.69, 9.17) is 0 Å². The number of carbonyl (C=O) groups is 1. The van der Waals surface area contributed by atoms with Crippen molar-refractivity contribution < 1.29 is 4.79 Å². The average molecular weight is 358 g/mol. The molecule has 2 heterocycles. The van der Waals surface area contributed by atoms with Gasteiger partial charge in [0, 0.05) is 10.3 Å². The van der Waals surface area contributed by atoms with Crippen LogP contribution < -0.4 is 5.32 Å². The minimum absolute atomic E-state index is 0.00226. The molecule has 4 nitrogen and oxygen atoms in total. The van der Waals surface area contributed by atoms with E-state index >= 15 is 0 Å². The van der Waals surface area contributed by atoms with Crippen molar-refractivity contribution in [2.75, 3.05) is 5.75 Å². The van der Waals surface area contributed by atoms with Crippen LogP contribution in [0.4, 0.5) is 0 Å². The highest BCUT2D eigenvalue weighted by Crippen LogP contribution is 2.30. The lowest BCUT2D eigenvalue weighted by molar-refractivity contribution is -0.119. The first kappa shape index (κ1) is 16.9. The lowest BCUT2D eigenvalue weighted by Crippen LogP contribution is -2.28. The average Bonchev–Trinajstić information content (AvgIpc) is 3.04. The molecule has 1 aromatic carbocycles. The van der Waals surface area contributed by atoms with Gasteiger partial charge in [-0.3, -0.25) is 4.79 Å². The number of carbonyl (C=O) groups excluding carboxylic acids is 1. The van der Waals surface area contributed by atoms with E-state index in [1.54, 1.807) is 17.7 Å². The van der Waals surface area contributed by atoms with Crippen LogP contribution in [-0.4, -0.2) is 21.6 Å². The minimum Gasteiger partial charge on any atom is -0.349 e. The van der Waals surface area contributed by atoms with E-state index in [1.165, 1.54) is 16.6 Å². The molecule has 2 aromatic heterocycles. The molecule has 0 aliphatic heterocycles. The van der Waals surface area contributed by atoms with E-state index in [-0.39, 0.29) is 11.9 Å². The Morgan fingerprint density at radius 2 is 2.08 bits per heavy atom. The third-order valence-electron chi connectivity index (χ3n) is 3.71. The Bertz CT molecular complexity index is 833. The zero-order chi connectivity index (χ0) is 16.9. The topological polar surface area (TPSA) is 54.9 Å². The standard InChI is InChI=1S/C18H19N3OS2/c1-3-14-9-15-17(19-11-20-18(15)24-14)23-10-16(22)21-12(2)13-7-5-4-6-8-13/h4-9,11-12H,3,10H2,1-2H3,(H,21,22). The summed E-state index contributed by atoms with van der Waals surface area (Å²) in [5, 5.41) is 4.95. The van der Waals surface area contributed by atoms with Crippen molar-refractivity contribution in [1.82, 2.24) is 15.3 Å².